The molecule has 1 aromatic heterocycles. The van der Waals surface area contributed by atoms with Crippen molar-refractivity contribution in [1.29, 1.82) is 5.26 Å². The molecule has 0 atom stereocenters. The van der Waals surface area contributed by atoms with Gasteiger partial charge in [-0.25, -0.2) is 19.0 Å². The van der Waals surface area contributed by atoms with Crippen LogP contribution in [0.5, 0.6) is 0 Å². The van der Waals surface area contributed by atoms with Crippen molar-refractivity contribution in [2.45, 2.75) is 92.9 Å². The quantitative estimate of drug-likeness (QED) is 0.284. The van der Waals surface area contributed by atoms with E-state index >= 15 is 0 Å². The number of likely N-dealkylation sites (tertiary alicyclic amines) is 1. The zero-order valence-electron chi connectivity index (χ0n) is 27.1. The van der Waals surface area contributed by atoms with Gasteiger partial charge in [0.1, 0.15) is 17.3 Å². The van der Waals surface area contributed by atoms with E-state index in [0.29, 0.717) is 16.9 Å². The molecule has 1 aliphatic carbocycles. The number of aryl methyl sites for hydroxylation is 1. The van der Waals surface area contributed by atoms with Crippen LogP contribution < -0.4 is 11.1 Å². The molecule has 1 aliphatic heterocycles. The predicted octanol–water partition coefficient (Wildman–Crippen LogP) is 9.83. The molecule has 3 N–H and O–H groups in total. The Balaban J connectivity index is 0.000000917. The highest BCUT2D eigenvalue weighted by molar-refractivity contribution is 5.79. The number of hydrogen-bond acceptors (Lipinski definition) is 5. The van der Waals surface area contributed by atoms with Gasteiger partial charge in [-0.2, -0.15) is 0 Å². The Morgan fingerprint density at radius 2 is 1.70 bits per heavy atom. The molecule has 0 amide bonds. The normalized spacial score (nSPS) is 14.2. The maximum atomic E-state index is 14.8. The first-order valence-corrected chi connectivity index (χ1v) is 15.6. The molecule has 0 unspecified atom stereocenters. The number of pyridine rings is 1. The number of nitriles is 1. The van der Waals surface area contributed by atoms with E-state index in [1.165, 1.54) is 43.4 Å². The number of aromatic nitrogens is 1. The average Bonchev–Trinajstić information content (AvgIpc) is 3.89. The number of halogens is 2. The SMILES string of the molecule is C#N.C=C/C(NC(=C1CC1)c1nc(-c2c(F)ccc(C)c2F)ccc1N)=C(\C=C/C)N1CCCCC1.CC.CCCCC. The number of nitrogens with two attached hydrogens (primary N) is 1. The highest BCUT2D eigenvalue weighted by Crippen LogP contribution is 2.38. The highest BCUT2D eigenvalue weighted by atomic mass is 19.1. The molecule has 234 valence electrons. The van der Waals surface area contributed by atoms with Gasteiger partial charge in [-0.15, -0.1) is 0 Å². The van der Waals surface area contributed by atoms with Crippen molar-refractivity contribution in [3.05, 3.63) is 88.9 Å². The van der Waals surface area contributed by atoms with Crippen LogP contribution in [0.1, 0.15) is 97.2 Å². The molecule has 43 heavy (non-hydrogen) atoms. The maximum Gasteiger partial charge on any atom is 0.138 e. The Hall–Kier alpha value is -3.92. The lowest BCUT2D eigenvalue weighted by Gasteiger charge is -2.31. The number of benzene rings is 1. The first-order chi connectivity index (χ1) is 20.9. The summed E-state index contributed by atoms with van der Waals surface area (Å²) in [6.45, 7) is 21.6. The summed E-state index contributed by atoms with van der Waals surface area (Å²) >= 11 is 0. The molecule has 0 radical (unpaired) electrons. The predicted molar refractivity (Wildman–Crippen MR) is 179 cm³/mol. The maximum absolute atomic E-state index is 14.8. The van der Waals surface area contributed by atoms with E-state index in [-0.39, 0.29) is 11.3 Å². The van der Waals surface area contributed by atoms with Crippen LogP contribution in [-0.2, 0) is 0 Å². The van der Waals surface area contributed by atoms with Crippen molar-refractivity contribution in [2.75, 3.05) is 18.8 Å². The summed E-state index contributed by atoms with van der Waals surface area (Å²) in [6, 6.07) is 5.93. The molecule has 4 rings (SSSR count). The molecule has 1 aromatic carbocycles. The van der Waals surface area contributed by atoms with Gasteiger partial charge in [-0.05, 0) is 87.4 Å². The topological polar surface area (TPSA) is 78.0 Å². The van der Waals surface area contributed by atoms with Crippen LogP contribution in [0.15, 0.2) is 66.0 Å². The molecule has 0 spiro atoms. The number of anilines is 1. The summed E-state index contributed by atoms with van der Waals surface area (Å²) < 4.78 is 29.4. The molecule has 5 nitrogen and oxygen atoms in total. The summed E-state index contributed by atoms with van der Waals surface area (Å²) in [5, 5.41) is 10.0. The van der Waals surface area contributed by atoms with E-state index in [1.54, 1.807) is 19.1 Å². The van der Waals surface area contributed by atoms with Gasteiger partial charge in [-0.3, -0.25) is 0 Å². The molecule has 2 heterocycles. The standard InChI is InChI=1S/C28H32F2N4.C5H12.C2H6.CHN/c1-4-9-24(34-16-7-6-8-17-34)22(5-2)32-27(19-11-12-19)28-21(31)14-15-23(33-28)25-20(29)13-10-18(3)26(25)30;1-3-5-4-2;2*1-2/h4-5,9-10,13-15,32H,2,6-8,11-12,16-17,31H2,1,3H3;3-5H2,1-2H3;1-2H3;1H/b9-4-,24-22-;;;. The van der Waals surface area contributed by atoms with Crippen LogP contribution in [0, 0.1) is 30.4 Å². The van der Waals surface area contributed by atoms with Crippen LogP contribution in [0.3, 0.4) is 0 Å². The van der Waals surface area contributed by atoms with Gasteiger partial charge in [0.2, 0.25) is 0 Å². The van der Waals surface area contributed by atoms with E-state index in [9.17, 15) is 8.78 Å². The van der Waals surface area contributed by atoms with Gasteiger partial charge < -0.3 is 16.0 Å². The van der Waals surface area contributed by atoms with Gasteiger partial charge in [0.25, 0.3) is 0 Å². The van der Waals surface area contributed by atoms with E-state index in [1.807, 2.05) is 32.9 Å². The van der Waals surface area contributed by atoms with Crippen molar-refractivity contribution in [1.82, 2.24) is 15.2 Å². The zero-order chi connectivity index (χ0) is 32.4. The summed E-state index contributed by atoms with van der Waals surface area (Å²) in [6.07, 6.45) is 15.4. The van der Waals surface area contributed by atoms with Crippen LogP contribution in [0.4, 0.5) is 14.5 Å². The highest BCUT2D eigenvalue weighted by Gasteiger charge is 2.25. The Kier molecular flexibility index (Phi) is 17.3. The minimum Gasteiger partial charge on any atom is -0.397 e. The third-order valence-electron chi connectivity index (χ3n) is 7.03. The Morgan fingerprint density at radius 1 is 1.07 bits per heavy atom. The summed E-state index contributed by atoms with van der Waals surface area (Å²) in [7, 11) is 0. The van der Waals surface area contributed by atoms with E-state index < -0.39 is 11.6 Å². The van der Waals surface area contributed by atoms with Gasteiger partial charge in [-0.1, -0.05) is 65.7 Å². The fourth-order valence-electron chi connectivity index (χ4n) is 4.69. The molecule has 1 saturated heterocycles. The largest absolute Gasteiger partial charge is 0.397 e. The Labute approximate surface area is 258 Å². The van der Waals surface area contributed by atoms with Crippen molar-refractivity contribution in [2.24, 2.45) is 0 Å². The second-order valence-electron chi connectivity index (χ2n) is 10.2. The molecule has 7 heteroatoms. The minimum absolute atomic E-state index is 0.135. The first kappa shape index (κ1) is 37.1. The summed E-state index contributed by atoms with van der Waals surface area (Å²) in [5.41, 5.74) is 11.7. The fraction of sp³-hybridized carbons (Fsp3) is 0.444. The minimum atomic E-state index is -0.646. The van der Waals surface area contributed by atoms with Gasteiger partial charge >= 0.3 is 0 Å². The second kappa shape index (κ2) is 20.1. The van der Waals surface area contributed by atoms with E-state index in [2.05, 4.69) is 48.3 Å². The Bertz CT molecular complexity index is 1280. The van der Waals surface area contributed by atoms with Gasteiger partial charge in [0.15, 0.2) is 0 Å². The lowest BCUT2D eigenvalue weighted by atomic mass is 10.0. The molecule has 2 aliphatic rings. The monoisotopic (exact) mass is 591 g/mol. The lowest BCUT2D eigenvalue weighted by Crippen LogP contribution is -2.31. The number of nitrogens with one attached hydrogen (secondary N) is 1. The van der Waals surface area contributed by atoms with Crippen molar-refractivity contribution >= 4 is 11.4 Å². The molecular weight excluding hydrogens is 540 g/mol. The smallest absolute Gasteiger partial charge is 0.138 e. The summed E-state index contributed by atoms with van der Waals surface area (Å²) in [4.78, 5) is 7.03. The molecular formula is C36H51F2N5. The number of unbranched alkanes of at least 4 members (excludes halogenated alkanes) is 2. The van der Waals surface area contributed by atoms with Crippen molar-refractivity contribution in [3.63, 3.8) is 0 Å². The zero-order valence-corrected chi connectivity index (χ0v) is 27.1. The molecule has 0 bridgehead atoms. The van der Waals surface area contributed by atoms with Crippen LogP contribution in [0.25, 0.3) is 17.0 Å². The second-order valence-corrected chi connectivity index (χ2v) is 10.2. The first-order valence-electron chi connectivity index (χ1n) is 15.6. The number of rotatable bonds is 9. The molecule has 2 aromatic rings. The third kappa shape index (κ3) is 10.7. The third-order valence-corrected chi connectivity index (χ3v) is 7.03. The van der Waals surface area contributed by atoms with Gasteiger partial charge in [0.05, 0.1) is 34.0 Å². The number of nitrogens with zero attached hydrogens (tertiary/aromatic N) is 3. The van der Waals surface area contributed by atoms with E-state index in [4.69, 9.17) is 11.0 Å². The Morgan fingerprint density at radius 3 is 2.21 bits per heavy atom. The molecule has 2 fully saturated rings. The van der Waals surface area contributed by atoms with Crippen molar-refractivity contribution in [3.8, 4) is 17.8 Å². The number of hydrogen-bond donors (Lipinski definition) is 2. The number of allylic oxidation sites excluding steroid dienone is 4. The van der Waals surface area contributed by atoms with E-state index in [0.717, 1.165) is 55.9 Å². The number of piperidine rings is 1. The lowest BCUT2D eigenvalue weighted by molar-refractivity contribution is 0.290. The fourth-order valence-corrected chi connectivity index (χ4v) is 4.69. The van der Waals surface area contributed by atoms with Crippen molar-refractivity contribution < 1.29 is 8.78 Å². The van der Waals surface area contributed by atoms with Crippen LogP contribution >= 0.6 is 0 Å². The molecule has 1 saturated carbocycles. The van der Waals surface area contributed by atoms with Gasteiger partial charge in [0, 0.05) is 19.7 Å². The average molecular weight is 592 g/mol. The van der Waals surface area contributed by atoms with Crippen LogP contribution in [-0.4, -0.2) is 23.0 Å². The van der Waals surface area contributed by atoms with Crippen LogP contribution in [0.2, 0.25) is 0 Å². The number of nitrogen functional groups attached to an aromatic ring is 1. The summed E-state index contributed by atoms with van der Waals surface area (Å²) in [5.74, 6) is -1.25.